The normalized spacial score (nSPS) is 9.70. The number of carbonyl (C=O) groups is 1. The van der Waals surface area contributed by atoms with Crippen LogP contribution in [0.25, 0.3) is 0 Å². The number of halogens is 1. The first-order valence-electron chi connectivity index (χ1n) is 2.44. The van der Waals surface area contributed by atoms with Crippen molar-refractivity contribution in [2.45, 2.75) is 5.88 Å². The summed E-state index contributed by atoms with van der Waals surface area (Å²) < 4.78 is 0. The summed E-state index contributed by atoms with van der Waals surface area (Å²) >= 11 is 5.32. The van der Waals surface area contributed by atoms with E-state index in [1.807, 2.05) is 0 Å². The number of H-pyrrole nitrogens is 1. The minimum Gasteiger partial charge on any atom is -0.475 e. The number of nitrogens with zero attached hydrogens (tertiary/aromatic N) is 2. The topological polar surface area (TPSA) is 78.9 Å². The van der Waals surface area contributed by atoms with Crippen molar-refractivity contribution < 1.29 is 9.90 Å². The lowest BCUT2D eigenvalue weighted by atomic mass is 10.6. The van der Waals surface area contributed by atoms with Crippen LogP contribution >= 0.6 is 11.6 Å². The molecule has 0 fully saturated rings. The first kappa shape index (κ1) is 7.01. The van der Waals surface area contributed by atoms with Gasteiger partial charge in [-0.1, -0.05) is 0 Å². The largest absolute Gasteiger partial charge is 0.475 e. The van der Waals surface area contributed by atoms with Gasteiger partial charge in [0.05, 0.1) is 5.88 Å². The molecular formula is C4H4ClN3O2. The van der Waals surface area contributed by atoms with Crippen molar-refractivity contribution in [3.63, 3.8) is 0 Å². The van der Waals surface area contributed by atoms with Gasteiger partial charge in [0.25, 0.3) is 5.82 Å². The Labute approximate surface area is 61.0 Å². The third-order valence-corrected chi connectivity index (χ3v) is 1.10. The second kappa shape index (κ2) is 2.66. The summed E-state index contributed by atoms with van der Waals surface area (Å²) in [7, 11) is 0. The molecule has 0 atom stereocenters. The van der Waals surface area contributed by atoms with E-state index in [-0.39, 0.29) is 11.7 Å². The molecule has 0 aliphatic heterocycles. The minimum absolute atomic E-state index is 0.139. The Kier molecular flexibility index (Phi) is 1.86. The smallest absolute Gasteiger partial charge is 0.375 e. The number of hydrogen-bond acceptors (Lipinski definition) is 3. The lowest BCUT2D eigenvalue weighted by Gasteiger charge is -1.78. The molecule has 0 saturated heterocycles. The van der Waals surface area contributed by atoms with Gasteiger partial charge in [0.1, 0.15) is 5.82 Å². The van der Waals surface area contributed by atoms with Crippen LogP contribution in [0.5, 0.6) is 0 Å². The molecule has 1 rings (SSSR count). The highest BCUT2D eigenvalue weighted by molar-refractivity contribution is 6.16. The first-order valence-corrected chi connectivity index (χ1v) is 2.98. The average Bonchev–Trinajstić information content (AvgIpc) is 2.34. The molecule has 10 heavy (non-hydrogen) atoms. The number of nitrogens with one attached hydrogen (secondary N) is 1. The summed E-state index contributed by atoms with van der Waals surface area (Å²) in [5, 5.41) is 14.0. The maximum Gasteiger partial charge on any atom is 0.375 e. The number of carboxylic acid groups (broad SMARTS) is 1. The minimum atomic E-state index is -1.16. The number of aromatic nitrogens is 3. The van der Waals surface area contributed by atoms with Gasteiger partial charge in [-0.2, -0.15) is 0 Å². The van der Waals surface area contributed by atoms with Gasteiger partial charge in [-0.25, -0.2) is 9.78 Å². The van der Waals surface area contributed by atoms with Crippen LogP contribution < -0.4 is 0 Å². The Hall–Kier alpha value is -1.10. The van der Waals surface area contributed by atoms with Gasteiger partial charge in [0.15, 0.2) is 0 Å². The van der Waals surface area contributed by atoms with Gasteiger partial charge in [-0.3, -0.25) is 5.10 Å². The zero-order valence-corrected chi connectivity index (χ0v) is 5.59. The van der Waals surface area contributed by atoms with E-state index in [0.717, 1.165) is 0 Å². The molecule has 1 aromatic heterocycles. The van der Waals surface area contributed by atoms with Crippen molar-refractivity contribution in [1.82, 2.24) is 15.2 Å². The molecular weight excluding hydrogens is 158 g/mol. The molecule has 0 radical (unpaired) electrons. The summed E-state index contributed by atoms with van der Waals surface area (Å²) in [6, 6.07) is 0. The van der Waals surface area contributed by atoms with Crippen molar-refractivity contribution in [3.8, 4) is 0 Å². The highest BCUT2D eigenvalue weighted by Gasteiger charge is 2.08. The van der Waals surface area contributed by atoms with Crippen LogP contribution in [-0.4, -0.2) is 26.3 Å². The van der Waals surface area contributed by atoms with Gasteiger partial charge in [-0.15, -0.1) is 16.7 Å². The maximum atomic E-state index is 10.1. The third kappa shape index (κ3) is 1.24. The van der Waals surface area contributed by atoms with Crippen molar-refractivity contribution in [3.05, 3.63) is 11.6 Å². The van der Waals surface area contributed by atoms with Gasteiger partial charge in [0, 0.05) is 0 Å². The molecule has 54 valence electrons. The van der Waals surface area contributed by atoms with Crippen molar-refractivity contribution in [2.24, 2.45) is 0 Å². The molecule has 0 amide bonds. The van der Waals surface area contributed by atoms with Crippen LogP contribution in [-0.2, 0) is 5.88 Å². The summed E-state index contributed by atoms with van der Waals surface area (Å²) in [6.07, 6.45) is 0. The van der Waals surface area contributed by atoms with Crippen molar-refractivity contribution in [2.75, 3.05) is 0 Å². The second-order valence-corrected chi connectivity index (χ2v) is 1.81. The predicted molar refractivity (Wildman–Crippen MR) is 32.9 cm³/mol. The van der Waals surface area contributed by atoms with E-state index in [9.17, 15) is 4.79 Å². The van der Waals surface area contributed by atoms with Crippen LogP contribution in [0.2, 0.25) is 0 Å². The predicted octanol–water partition coefficient (Wildman–Crippen LogP) is 0.242. The zero-order chi connectivity index (χ0) is 7.56. The number of hydrogen-bond donors (Lipinski definition) is 2. The number of aromatic carboxylic acids is 1. The highest BCUT2D eigenvalue weighted by Crippen LogP contribution is 1.95. The van der Waals surface area contributed by atoms with Crippen LogP contribution in [0.4, 0.5) is 0 Å². The van der Waals surface area contributed by atoms with E-state index in [4.69, 9.17) is 16.7 Å². The lowest BCUT2D eigenvalue weighted by molar-refractivity contribution is 0.0684. The molecule has 1 aromatic rings. The Morgan fingerprint density at radius 2 is 2.50 bits per heavy atom. The van der Waals surface area contributed by atoms with E-state index in [1.165, 1.54) is 0 Å². The highest BCUT2D eigenvalue weighted by atomic mass is 35.5. The fourth-order valence-electron chi connectivity index (χ4n) is 0.451. The summed E-state index contributed by atoms with van der Waals surface area (Å²) in [6.45, 7) is 0. The number of carboxylic acids is 1. The molecule has 6 heteroatoms. The average molecular weight is 162 g/mol. The van der Waals surface area contributed by atoms with E-state index in [1.54, 1.807) is 0 Å². The molecule has 0 saturated carbocycles. The molecule has 0 bridgehead atoms. The Balaban J connectivity index is 2.88. The fourth-order valence-corrected chi connectivity index (χ4v) is 0.570. The van der Waals surface area contributed by atoms with Crippen molar-refractivity contribution >= 4 is 17.6 Å². The maximum absolute atomic E-state index is 10.1. The summed E-state index contributed by atoms with van der Waals surface area (Å²) in [4.78, 5) is 13.7. The van der Waals surface area contributed by atoms with Crippen LogP contribution in [0.15, 0.2) is 0 Å². The first-order chi connectivity index (χ1) is 4.74. The lowest BCUT2D eigenvalue weighted by Crippen LogP contribution is -1.98. The van der Waals surface area contributed by atoms with Gasteiger partial charge >= 0.3 is 5.97 Å². The van der Waals surface area contributed by atoms with Crippen LogP contribution in [0.3, 0.4) is 0 Å². The Bertz CT molecular complexity index is 246. The molecule has 1 heterocycles. The van der Waals surface area contributed by atoms with Gasteiger partial charge in [0.2, 0.25) is 0 Å². The molecule has 0 aliphatic carbocycles. The summed E-state index contributed by atoms with van der Waals surface area (Å²) in [5.41, 5.74) is 0. The summed E-state index contributed by atoms with van der Waals surface area (Å²) in [5.74, 6) is -0.914. The van der Waals surface area contributed by atoms with E-state index in [0.29, 0.717) is 5.82 Å². The van der Waals surface area contributed by atoms with Crippen molar-refractivity contribution in [1.29, 1.82) is 0 Å². The van der Waals surface area contributed by atoms with E-state index < -0.39 is 5.97 Å². The van der Waals surface area contributed by atoms with Crippen LogP contribution in [0.1, 0.15) is 16.4 Å². The monoisotopic (exact) mass is 161 g/mol. The second-order valence-electron chi connectivity index (χ2n) is 1.54. The SMILES string of the molecule is O=C(O)c1n[nH]c(CCl)n1. The molecule has 5 nitrogen and oxygen atoms in total. The number of rotatable bonds is 2. The third-order valence-electron chi connectivity index (χ3n) is 0.850. The van der Waals surface area contributed by atoms with Gasteiger partial charge < -0.3 is 5.11 Å². The molecule has 0 aliphatic rings. The van der Waals surface area contributed by atoms with E-state index in [2.05, 4.69) is 15.2 Å². The van der Waals surface area contributed by atoms with E-state index >= 15 is 0 Å². The van der Waals surface area contributed by atoms with Crippen LogP contribution in [0, 0.1) is 0 Å². The molecule has 0 aromatic carbocycles. The molecule has 0 unspecified atom stereocenters. The Morgan fingerprint density at radius 3 is 2.80 bits per heavy atom. The standard InChI is InChI=1S/C4H4ClN3O2/c5-1-2-6-3(4(9)10)8-7-2/h1H2,(H,9,10)(H,6,7,8). The Morgan fingerprint density at radius 1 is 1.80 bits per heavy atom. The fraction of sp³-hybridized carbons (Fsp3) is 0.250. The van der Waals surface area contributed by atoms with Gasteiger partial charge in [-0.05, 0) is 0 Å². The molecule has 0 spiro atoms. The zero-order valence-electron chi connectivity index (χ0n) is 4.83. The number of alkyl halides is 1. The quantitative estimate of drug-likeness (QED) is 0.609. The molecule has 2 N–H and O–H groups in total. The number of aromatic amines is 1.